The normalized spacial score (nSPS) is 75.7. The number of rotatable bonds is 0. The smallest absolute Gasteiger partial charge is 0.0586 e. The quantitative estimate of drug-likeness (QED) is 0.448. The Kier molecular flexibility index (Phi) is 0.531. The summed E-state index contributed by atoms with van der Waals surface area (Å²) in [5.41, 5.74) is 2.14. The van der Waals surface area contributed by atoms with Gasteiger partial charge in [-0.2, -0.15) is 0 Å². The van der Waals surface area contributed by atoms with E-state index < -0.39 is 0 Å². The molecule has 3 fully saturated rings. The van der Waals surface area contributed by atoms with Crippen LogP contribution in [-0.2, 0) is 0 Å². The van der Waals surface area contributed by atoms with Crippen molar-refractivity contribution >= 4 is 0 Å². The maximum absolute atomic E-state index is 2.61. The molecule has 0 aromatic rings. The Morgan fingerprint density at radius 2 is 1.60 bits per heavy atom. The molecule has 0 aliphatic heterocycles. The van der Waals surface area contributed by atoms with Gasteiger partial charge in [-0.05, 0) is 32.1 Å². The van der Waals surface area contributed by atoms with Crippen molar-refractivity contribution in [3.8, 4) is 0 Å². The van der Waals surface area contributed by atoms with Crippen LogP contribution in [0.4, 0.5) is 0 Å². The van der Waals surface area contributed by atoms with E-state index in [2.05, 4.69) is 27.2 Å². The molecule has 10 heavy (non-hydrogen) atoms. The van der Waals surface area contributed by atoms with Crippen LogP contribution < -0.4 is 0 Å². The summed E-state index contributed by atoms with van der Waals surface area (Å²) in [4.78, 5) is 0. The minimum absolute atomic E-state index is 0.682. The fourth-order valence-electron chi connectivity index (χ4n) is 5.22. The van der Waals surface area contributed by atoms with E-state index in [9.17, 15) is 0 Å². The lowest BCUT2D eigenvalue weighted by Gasteiger charge is -2.78. The standard InChI is InChI=1S/C10H15/c1-8-4-9(2)6-10(3,5-8)7(8)9/h4,7H,5-6H2,1-3H3/q+1. The van der Waals surface area contributed by atoms with Crippen molar-refractivity contribution in [2.24, 2.45) is 22.2 Å². The van der Waals surface area contributed by atoms with Crippen LogP contribution in [0.15, 0.2) is 0 Å². The van der Waals surface area contributed by atoms with Crippen molar-refractivity contribution in [1.29, 1.82) is 0 Å². The molecule has 0 spiro atoms. The van der Waals surface area contributed by atoms with E-state index in [0.29, 0.717) is 10.8 Å². The highest BCUT2D eigenvalue weighted by atomic mass is 14.8. The Hall–Kier alpha value is -0.130. The first-order valence-electron chi connectivity index (χ1n) is 4.36. The molecule has 0 N–H and O–H groups in total. The zero-order chi connectivity index (χ0) is 7.20. The highest BCUT2D eigenvalue weighted by molar-refractivity contribution is 5.37. The van der Waals surface area contributed by atoms with E-state index >= 15 is 0 Å². The molecular weight excluding hydrogens is 120 g/mol. The Balaban J connectivity index is 2.00. The lowest BCUT2D eigenvalue weighted by molar-refractivity contribution is -0.324. The Labute approximate surface area is 63.0 Å². The average molecular weight is 135 g/mol. The van der Waals surface area contributed by atoms with Gasteiger partial charge in [0.15, 0.2) is 0 Å². The molecule has 54 valence electrons. The van der Waals surface area contributed by atoms with Crippen molar-refractivity contribution in [2.45, 2.75) is 33.6 Å². The van der Waals surface area contributed by atoms with E-state index in [1.807, 2.05) is 0 Å². The Morgan fingerprint density at radius 3 is 1.80 bits per heavy atom. The number of hydrogen-bond donors (Lipinski definition) is 0. The molecule has 0 heteroatoms. The Bertz CT molecular complexity index is 170. The van der Waals surface area contributed by atoms with E-state index in [-0.39, 0.29) is 0 Å². The first kappa shape index (κ1) is 5.51. The van der Waals surface area contributed by atoms with Crippen LogP contribution in [0.3, 0.4) is 0 Å². The van der Waals surface area contributed by atoms with Gasteiger partial charge in [-0.1, -0.05) is 6.92 Å². The van der Waals surface area contributed by atoms with Gasteiger partial charge >= 0.3 is 0 Å². The minimum atomic E-state index is 0.682. The molecule has 3 rings (SSSR count). The van der Waals surface area contributed by atoms with Crippen molar-refractivity contribution in [2.75, 3.05) is 0 Å². The first-order chi connectivity index (χ1) is 4.49. The summed E-state index contributed by atoms with van der Waals surface area (Å²) in [6, 6.07) is 0. The summed E-state index contributed by atoms with van der Waals surface area (Å²) in [5, 5.41) is 0. The monoisotopic (exact) mass is 135 g/mol. The molecule has 0 bridgehead atoms. The lowest BCUT2D eigenvalue weighted by atomic mass is 9.18. The molecule has 0 aromatic carbocycles. The third-order valence-corrected chi connectivity index (χ3v) is 4.24. The van der Waals surface area contributed by atoms with Gasteiger partial charge in [0.2, 0.25) is 0 Å². The molecule has 0 saturated heterocycles. The topological polar surface area (TPSA) is 0 Å². The zero-order valence-electron chi connectivity index (χ0n) is 7.07. The van der Waals surface area contributed by atoms with Gasteiger partial charge in [0.1, 0.15) is 10.8 Å². The van der Waals surface area contributed by atoms with Crippen LogP contribution in [0.5, 0.6) is 0 Å². The van der Waals surface area contributed by atoms with Crippen LogP contribution in [0.25, 0.3) is 0 Å². The Morgan fingerprint density at radius 1 is 1.10 bits per heavy atom. The lowest BCUT2D eigenvalue weighted by Crippen LogP contribution is -2.79. The molecular formula is C10H15+. The second-order valence-electron chi connectivity index (χ2n) is 5.60. The third-order valence-electron chi connectivity index (χ3n) is 4.24. The summed E-state index contributed by atoms with van der Waals surface area (Å²) in [6.45, 7) is 7.33. The zero-order valence-corrected chi connectivity index (χ0v) is 7.07. The largest absolute Gasteiger partial charge is 0.114 e. The van der Waals surface area contributed by atoms with Crippen molar-refractivity contribution < 1.29 is 0 Å². The van der Waals surface area contributed by atoms with Gasteiger partial charge in [0.25, 0.3) is 0 Å². The van der Waals surface area contributed by atoms with Gasteiger partial charge < -0.3 is 0 Å². The molecule has 0 amide bonds. The van der Waals surface area contributed by atoms with E-state index in [0.717, 1.165) is 11.3 Å². The van der Waals surface area contributed by atoms with Crippen molar-refractivity contribution in [3.05, 3.63) is 6.42 Å². The van der Waals surface area contributed by atoms with Crippen LogP contribution in [0.1, 0.15) is 33.6 Å². The molecule has 0 aromatic heterocycles. The first-order valence-corrected chi connectivity index (χ1v) is 4.36. The summed E-state index contributed by atoms with van der Waals surface area (Å²) in [7, 11) is 0. The van der Waals surface area contributed by atoms with Crippen LogP contribution in [0, 0.1) is 28.6 Å². The van der Waals surface area contributed by atoms with E-state index in [1.54, 1.807) is 0 Å². The molecule has 2 unspecified atom stereocenters. The van der Waals surface area contributed by atoms with Gasteiger partial charge in [0.05, 0.1) is 12.3 Å². The molecule has 3 saturated carbocycles. The SMILES string of the molecule is CC12[CH+]C3(C)CC(C)(C1)C23. The van der Waals surface area contributed by atoms with Gasteiger partial charge in [0, 0.05) is 0 Å². The summed E-state index contributed by atoms with van der Waals surface area (Å²) < 4.78 is 0. The minimum Gasteiger partial charge on any atom is -0.0586 e. The second kappa shape index (κ2) is 0.964. The molecule has 3 aliphatic rings. The molecule has 2 atom stereocenters. The molecule has 0 radical (unpaired) electrons. The molecule has 0 heterocycles. The molecule has 0 nitrogen and oxygen atoms in total. The third kappa shape index (κ3) is 0.289. The highest BCUT2D eigenvalue weighted by Crippen LogP contribution is 2.87. The van der Waals surface area contributed by atoms with Crippen LogP contribution in [0.2, 0.25) is 0 Å². The predicted molar refractivity (Wildman–Crippen MR) is 41.3 cm³/mol. The van der Waals surface area contributed by atoms with Crippen molar-refractivity contribution in [3.63, 3.8) is 0 Å². The number of hydrogen-bond acceptors (Lipinski definition) is 0. The fraction of sp³-hybridized carbons (Fsp3) is 0.900. The fourth-order valence-corrected chi connectivity index (χ4v) is 5.22. The molecule has 3 aliphatic carbocycles. The van der Waals surface area contributed by atoms with E-state index in [1.165, 1.54) is 12.8 Å². The van der Waals surface area contributed by atoms with E-state index in [4.69, 9.17) is 0 Å². The summed E-state index contributed by atoms with van der Waals surface area (Å²) in [5.74, 6) is 1.06. The maximum atomic E-state index is 2.61. The van der Waals surface area contributed by atoms with Gasteiger partial charge in [-0.25, -0.2) is 0 Å². The van der Waals surface area contributed by atoms with Crippen LogP contribution >= 0.6 is 0 Å². The van der Waals surface area contributed by atoms with Crippen molar-refractivity contribution in [1.82, 2.24) is 0 Å². The average Bonchev–Trinajstić information content (AvgIpc) is 1.54. The summed E-state index contributed by atoms with van der Waals surface area (Å²) in [6.07, 6.45) is 5.55. The summed E-state index contributed by atoms with van der Waals surface area (Å²) >= 11 is 0. The van der Waals surface area contributed by atoms with Gasteiger partial charge in [-0.3, -0.25) is 0 Å². The van der Waals surface area contributed by atoms with Gasteiger partial charge in [-0.15, -0.1) is 0 Å². The predicted octanol–water partition coefficient (Wildman–Crippen LogP) is 2.65. The maximum Gasteiger partial charge on any atom is 0.114 e. The highest BCUT2D eigenvalue weighted by Gasteiger charge is 2.89. The van der Waals surface area contributed by atoms with Crippen LogP contribution in [-0.4, -0.2) is 0 Å². The second-order valence-corrected chi connectivity index (χ2v) is 5.60.